The van der Waals surface area contributed by atoms with Crippen LogP contribution in [0.25, 0.3) is 0 Å². The second-order valence-electron chi connectivity index (χ2n) is 7.05. The molecule has 1 saturated heterocycles. The highest BCUT2D eigenvalue weighted by molar-refractivity contribution is 5.95. The zero-order valence-corrected chi connectivity index (χ0v) is 15.6. The molecule has 26 heavy (non-hydrogen) atoms. The van der Waals surface area contributed by atoms with E-state index in [-0.39, 0.29) is 28.5 Å². The number of H-pyrrole nitrogens is 1. The Morgan fingerprint density at radius 2 is 1.96 bits per heavy atom. The highest BCUT2D eigenvalue weighted by atomic mass is 16.2. The van der Waals surface area contributed by atoms with E-state index in [0.717, 1.165) is 18.5 Å². The van der Waals surface area contributed by atoms with E-state index < -0.39 is 0 Å². The van der Waals surface area contributed by atoms with Gasteiger partial charge in [-0.25, -0.2) is 4.98 Å². The van der Waals surface area contributed by atoms with Gasteiger partial charge >= 0.3 is 0 Å². The predicted octanol–water partition coefficient (Wildman–Crippen LogP) is 1.41. The van der Waals surface area contributed by atoms with Gasteiger partial charge in [0.05, 0.1) is 5.69 Å². The molecule has 138 valence electrons. The fourth-order valence-electron chi connectivity index (χ4n) is 3.61. The number of carbonyl (C=O) groups excluding carboxylic acids is 1. The molecule has 1 unspecified atom stereocenters. The first-order valence-electron chi connectivity index (χ1n) is 8.82. The van der Waals surface area contributed by atoms with Crippen molar-refractivity contribution in [3.8, 4) is 0 Å². The van der Waals surface area contributed by atoms with Crippen molar-refractivity contribution in [2.75, 3.05) is 13.1 Å². The van der Waals surface area contributed by atoms with Crippen LogP contribution in [0.1, 0.15) is 51.9 Å². The van der Waals surface area contributed by atoms with Crippen LogP contribution in [0.3, 0.4) is 0 Å². The zero-order valence-electron chi connectivity index (χ0n) is 15.6. The van der Waals surface area contributed by atoms with Crippen molar-refractivity contribution in [3.05, 3.63) is 61.2 Å². The molecular weight excluding hydrogens is 332 g/mol. The lowest BCUT2D eigenvalue weighted by Crippen LogP contribution is -2.42. The van der Waals surface area contributed by atoms with Gasteiger partial charge in [0.15, 0.2) is 0 Å². The molecule has 0 aliphatic carbocycles. The number of piperidine rings is 1. The van der Waals surface area contributed by atoms with Gasteiger partial charge in [0.1, 0.15) is 11.4 Å². The van der Waals surface area contributed by atoms with Crippen LogP contribution in [-0.2, 0) is 7.05 Å². The summed E-state index contributed by atoms with van der Waals surface area (Å²) in [6.07, 6.45) is 1.68. The summed E-state index contributed by atoms with van der Waals surface area (Å²) in [5, 5.41) is 0. The summed E-state index contributed by atoms with van der Waals surface area (Å²) in [5.74, 6) is 0.330. The maximum absolute atomic E-state index is 13.0. The molecule has 1 aliphatic heterocycles. The average Bonchev–Trinajstić information content (AvgIpc) is 2.59. The number of likely N-dealkylation sites (tertiary alicyclic amines) is 1. The van der Waals surface area contributed by atoms with Gasteiger partial charge in [-0.1, -0.05) is 0 Å². The lowest BCUT2D eigenvalue weighted by Gasteiger charge is -2.32. The monoisotopic (exact) mass is 356 g/mol. The van der Waals surface area contributed by atoms with Crippen molar-refractivity contribution in [1.82, 2.24) is 19.4 Å². The largest absolute Gasteiger partial charge is 0.338 e. The lowest BCUT2D eigenvalue weighted by atomic mass is 9.93. The van der Waals surface area contributed by atoms with E-state index in [1.165, 1.54) is 10.6 Å². The normalized spacial score (nSPS) is 17.4. The molecule has 1 N–H and O–H groups in total. The molecular formula is C19H24N4O3. The van der Waals surface area contributed by atoms with Gasteiger partial charge < -0.3 is 14.5 Å². The van der Waals surface area contributed by atoms with E-state index in [1.54, 1.807) is 25.8 Å². The topological polar surface area (TPSA) is 88.1 Å². The first-order valence-corrected chi connectivity index (χ1v) is 8.82. The quantitative estimate of drug-likeness (QED) is 0.881. The smallest absolute Gasteiger partial charge is 0.263 e. The summed E-state index contributed by atoms with van der Waals surface area (Å²) in [5.41, 5.74) is 2.01. The molecule has 0 saturated carbocycles. The van der Waals surface area contributed by atoms with Gasteiger partial charge in [0.2, 0.25) is 0 Å². The van der Waals surface area contributed by atoms with Crippen LogP contribution in [0, 0.1) is 20.8 Å². The first-order chi connectivity index (χ1) is 12.3. The first kappa shape index (κ1) is 18.1. The highest BCUT2D eigenvalue weighted by Crippen LogP contribution is 2.26. The SMILES string of the molecule is Cc1nc(C2CCCN(C(=O)c3c(C)cc(C)n(C)c3=O)C2)cc(=O)[nH]1. The maximum Gasteiger partial charge on any atom is 0.263 e. The van der Waals surface area contributed by atoms with E-state index in [4.69, 9.17) is 0 Å². The molecule has 7 heteroatoms. The molecule has 2 aromatic heterocycles. The molecule has 7 nitrogen and oxygen atoms in total. The second kappa shape index (κ2) is 6.90. The minimum atomic E-state index is -0.264. The molecule has 1 atom stereocenters. The Labute approximate surface area is 151 Å². The number of nitrogens with zero attached hydrogens (tertiary/aromatic N) is 3. The summed E-state index contributed by atoms with van der Waals surface area (Å²) >= 11 is 0. The van der Waals surface area contributed by atoms with E-state index in [0.29, 0.717) is 30.2 Å². The summed E-state index contributed by atoms with van der Waals surface area (Å²) in [6.45, 7) is 6.46. The Morgan fingerprint density at radius 1 is 1.23 bits per heavy atom. The molecule has 0 aromatic carbocycles. The fourth-order valence-corrected chi connectivity index (χ4v) is 3.61. The minimum Gasteiger partial charge on any atom is -0.338 e. The Morgan fingerprint density at radius 3 is 2.65 bits per heavy atom. The number of hydrogen-bond donors (Lipinski definition) is 1. The van der Waals surface area contributed by atoms with Gasteiger partial charge in [-0.2, -0.15) is 0 Å². The third-order valence-electron chi connectivity index (χ3n) is 5.09. The van der Waals surface area contributed by atoms with Crippen LogP contribution in [0.4, 0.5) is 0 Å². The molecule has 1 fully saturated rings. The molecule has 2 aromatic rings. The molecule has 0 bridgehead atoms. The van der Waals surface area contributed by atoms with Crippen molar-refractivity contribution in [2.45, 2.75) is 39.5 Å². The number of aromatic amines is 1. The minimum absolute atomic E-state index is 0.00306. The molecule has 3 heterocycles. The third-order valence-corrected chi connectivity index (χ3v) is 5.09. The van der Waals surface area contributed by atoms with Crippen molar-refractivity contribution in [1.29, 1.82) is 0 Å². The Bertz CT molecular complexity index is 974. The van der Waals surface area contributed by atoms with Crippen molar-refractivity contribution >= 4 is 5.91 Å². The molecule has 0 radical (unpaired) electrons. The highest BCUT2D eigenvalue weighted by Gasteiger charge is 2.29. The standard InChI is InChI=1S/C19H24N4O3/c1-11-8-12(2)22(4)18(25)17(11)19(26)23-7-5-6-14(10-23)15-9-16(24)21-13(3)20-15/h8-9,14H,5-7,10H2,1-4H3,(H,20,21,24). The number of carbonyl (C=O) groups is 1. The molecule has 0 spiro atoms. The van der Waals surface area contributed by atoms with Gasteiger partial charge in [0.25, 0.3) is 17.0 Å². The number of hydrogen-bond acceptors (Lipinski definition) is 4. The van der Waals surface area contributed by atoms with Gasteiger partial charge in [-0.3, -0.25) is 14.4 Å². The number of nitrogens with one attached hydrogen (secondary N) is 1. The third kappa shape index (κ3) is 3.34. The van der Waals surface area contributed by atoms with E-state index >= 15 is 0 Å². The van der Waals surface area contributed by atoms with Gasteiger partial charge in [-0.15, -0.1) is 0 Å². The summed E-state index contributed by atoms with van der Waals surface area (Å²) in [4.78, 5) is 46.1. The number of aromatic nitrogens is 3. The van der Waals surface area contributed by atoms with Gasteiger partial charge in [0, 0.05) is 37.8 Å². The average molecular weight is 356 g/mol. The summed E-state index contributed by atoms with van der Waals surface area (Å²) in [7, 11) is 1.68. The van der Waals surface area contributed by atoms with Crippen LogP contribution in [-0.4, -0.2) is 38.4 Å². The van der Waals surface area contributed by atoms with Crippen molar-refractivity contribution < 1.29 is 4.79 Å². The molecule has 3 rings (SSSR count). The Hall–Kier alpha value is -2.70. The Balaban J connectivity index is 1.91. The van der Waals surface area contributed by atoms with Gasteiger partial charge in [-0.05, 0) is 45.2 Å². The fraction of sp³-hybridized carbons (Fsp3) is 0.474. The van der Waals surface area contributed by atoms with Crippen LogP contribution in [0.15, 0.2) is 21.7 Å². The van der Waals surface area contributed by atoms with Crippen LogP contribution in [0.2, 0.25) is 0 Å². The second-order valence-corrected chi connectivity index (χ2v) is 7.05. The lowest BCUT2D eigenvalue weighted by molar-refractivity contribution is 0.0702. The number of pyridine rings is 1. The molecule has 1 amide bonds. The summed E-state index contributed by atoms with van der Waals surface area (Å²) < 4.78 is 1.50. The maximum atomic E-state index is 13.0. The van der Waals surface area contributed by atoms with E-state index in [2.05, 4.69) is 9.97 Å². The number of rotatable bonds is 2. The Kier molecular flexibility index (Phi) is 4.80. The molecule has 1 aliphatic rings. The van der Waals surface area contributed by atoms with Crippen LogP contribution in [0.5, 0.6) is 0 Å². The van der Waals surface area contributed by atoms with Crippen LogP contribution < -0.4 is 11.1 Å². The van der Waals surface area contributed by atoms with Crippen LogP contribution >= 0.6 is 0 Å². The van der Waals surface area contributed by atoms with Crippen molar-refractivity contribution in [2.24, 2.45) is 7.05 Å². The van der Waals surface area contributed by atoms with E-state index in [1.807, 2.05) is 13.0 Å². The summed E-state index contributed by atoms with van der Waals surface area (Å²) in [6, 6.07) is 3.36. The van der Waals surface area contributed by atoms with Crippen molar-refractivity contribution in [3.63, 3.8) is 0 Å². The number of aryl methyl sites for hydroxylation is 3. The van der Waals surface area contributed by atoms with E-state index in [9.17, 15) is 14.4 Å². The number of amides is 1. The predicted molar refractivity (Wildman–Crippen MR) is 98.6 cm³/mol. The zero-order chi connectivity index (χ0) is 19.0.